The number of carbonyl (C=O) groups is 1. The number of aromatic amines is 1. The molecule has 1 aliphatic heterocycles. The zero-order chi connectivity index (χ0) is 32.3. The second kappa shape index (κ2) is 11.3. The Labute approximate surface area is 268 Å². The van der Waals surface area contributed by atoms with E-state index >= 15 is 0 Å². The second-order valence-corrected chi connectivity index (χ2v) is 12.6. The quantitative estimate of drug-likeness (QED) is 0.194. The SMILES string of the molecule is C[C@H](c1cc(/C=C/c2cc3c(c(C(F)(F)F)c2)C(=O)N([C@@H](C)C2CC2)C3)n[nH]1)c1cc2cccc(Cl)c2c(=O)n1-c1ccccc1. The number of hydrogen-bond donors (Lipinski definition) is 1. The van der Waals surface area contributed by atoms with Gasteiger partial charge in [0.2, 0.25) is 0 Å². The van der Waals surface area contributed by atoms with Crippen LogP contribution in [0.2, 0.25) is 5.02 Å². The zero-order valence-corrected chi connectivity index (χ0v) is 25.9. The minimum atomic E-state index is -4.67. The molecule has 5 aromatic rings. The lowest BCUT2D eigenvalue weighted by Crippen LogP contribution is -2.35. The Bertz CT molecular complexity index is 2080. The van der Waals surface area contributed by atoms with Gasteiger partial charge < -0.3 is 4.90 Å². The minimum Gasteiger partial charge on any atom is -0.331 e. The highest BCUT2D eigenvalue weighted by atomic mass is 35.5. The maximum atomic E-state index is 14.2. The van der Waals surface area contributed by atoms with Crippen molar-refractivity contribution in [3.63, 3.8) is 0 Å². The Balaban J connectivity index is 1.22. The molecule has 0 spiro atoms. The Morgan fingerprint density at radius 3 is 2.46 bits per heavy atom. The highest BCUT2D eigenvalue weighted by Gasteiger charge is 2.44. The van der Waals surface area contributed by atoms with Crippen LogP contribution in [0.1, 0.15) is 76.7 Å². The first kappa shape index (κ1) is 30.0. The van der Waals surface area contributed by atoms with Crippen LogP contribution in [-0.4, -0.2) is 31.6 Å². The lowest BCUT2D eigenvalue weighted by Gasteiger charge is -2.24. The number of aromatic nitrogens is 3. The van der Waals surface area contributed by atoms with Crippen molar-refractivity contribution in [2.45, 2.75) is 51.4 Å². The van der Waals surface area contributed by atoms with Gasteiger partial charge in [-0.3, -0.25) is 19.3 Å². The van der Waals surface area contributed by atoms with Crippen LogP contribution >= 0.6 is 11.6 Å². The molecule has 2 aliphatic rings. The number of benzene rings is 3. The number of para-hydroxylation sites is 1. The van der Waals surface area contributed by atoms with E-state index in [1.165, 1.54) is 0 Å². The highest BCUT2D eigenvalue weighted by Crippen LogP contribution is 2.42. The average Bonchev–Trinajstić information content (AvgIpc) is 3.69. The van der Waals surface area contributed by atoms with Crippen molar-refractivity contribution in [1.29, 1.82) is 0 Å². The van der Waals surface area contributed by atoms with Crippen molar-refractivity contribution >= 4 is 40.4 Å². The monoisotopic (exact) mass is 642 g/mol. The van der Waals surface area contributed by atoms with E-state index in [1.807, 2.05) is 62.4 Å². The van der Waals surface area contributed by atoms with Crippen LogP contribution in [0.25, 0.3) is 28.6 Å². The number of amides is 1. The Morgan fingerprint density at radius 1 is 0.978 bits per heavy atom. The van der Waals surface area contributed by atoms with E-state index in [2.05, 4.69) is 10.2 Å². The van der Waals surface area contributed by atoms with E-state index in [0.29, 0.717) is 55.6 Å². The standard InChI is InChI=1S/C36H30ClF3N4O2/c1-20(31-17-24-7-6-10-29(37)33(24)35(46)44(31)27-8-4-3-5-9-27)30-18-26(41-42-30)14-11-22-15-25-19-43(21(2)23-12-13-23)34(45)32(25)28(16-22)36(38,39)40/h3-11,14-18,20-21,23H,12-13,19H2,1-2H3,(H,41,42)/b14-11+/t20-,21+/m1/s1. The number of halogens is 4. The molecule has 7 rings (SSSR count). The predicted molar refractivity (Wildman–Crippen MR) is 173 cm³/mol. The van der Waals surface area contributed by atoms with E-state index in [1.54, 1.807) is 39.8 Å². The molecule has 1 saturated carbocycles. The summed E-state index contributed by atoms with van der Waals surface area (Å²) in [6.07, 6.45) is 0.530. The number of nitrogens with one attached hydrogen (secondary N) is 1. The predicted octanol–water partition coefficient (Wildman–Crippen LogP) is 8.46. The summed E-state index contributed by atoms with van der Waals surface area (Å²) in [5.41, 5.74) is 1.96. The van der Waals surface area contributed by atoms with Gasteiger partial charge in [0.25, 0.3) is 11.5 Å². The van der Waals surface area contributed by atoms with Crippen molar-refractivity contribution in [3.8, 4) is 5.69 Å². The fourth-order valence-electron chi connectivity index (χ4n) is 6.49. The van der Waals surface area contributed by atoms with Gasteiger partial charge >= 0.3 is 6.18 Å². The molecule has 46 heavy (non-hydrogen) atoms. The van der Waals surface area contributed by atoms with Gasteiger partial charge in [0, 0.05) is 35.6 Å². The van der Waals surface area contributed by atoms with Gasteiger partial charge in [-0.25, -0.2) is 0 Å². The summed E-state index contributed by atoms with van der Waals surface area (Å²) in [5, 5.41) is 8.95. The van der Waals surface area contributed by atoms with Crippen LogP contribution in [0, 0.1) is 5.92 Å². The van der Waals surface area contributed by atoms with Crippen LogP contribution in [0.15, 0.2) is 77.6 Å². The molecule has 0 unspecified atom stereocenters. The number of pyridine rings is 1. The molecule has 1 amide bonds. The first-order valence-corrected chi connectivity index (χ1v) is 15.6. The van der Waals surface area contributed by atoms with Crippen molar-refractivity contribution < 1.29 is 18.0 Å². The summed E-state index contributed by atoms with van der Waals surface area (Å²) in [5.74, 6) is -0.514. The molecule has 10 heteroatoms. The van der Waals surface area contributed by atoms with Gasteiger partial charge in [-0.15, -0.1) is 0 Å². The van der Waals surface area contributed by atoms with Crippen molar-refractivity contribution in [2.75, 3.05) is 0 Å². The first-order chi connectivity index (χ1) is 22.0. The normalized spacial score (nSPS) is 16.4. The molecule has 234 valence electrons. The average molecular weight is 643 g/mol. The molecule has 2 aromatic heterocycles. The number of H-pyrrole nitrogens is 1. The summed E-state index contributed by atoms with van der Waals surface area (Å²) in [4.78, 5) is 28.5. The van der Waals surface area contributed by atoms with Crippen molar-refractivity contribution in [3.05, 3.63) is 128 Å². The van der Waals surface area contributed by atoms with Gasteiger partial charge in [-0.2, -0.15) is 18.3 Å². The molecule has 2 atom stereocenters. The van der Waals surface area contributed by atoms with Crippen LogP contribution in [0.4, 0.5) is 13.2 Å². The number of hydrogen-bond acceptors (Lipinski definition) is 3. The smallest absolute Gasteiger partial charge is 0.331 e. The summed E-state index contributed by atoms with van der Waals surface area (Å²) in [6.45, 7) is 4.03. The van der Waals surface area contributed by atoms with E-state index in [4.69, 9.17) is 11.6 Å². The summed E-state index contributed by atoms with van der Waals surface area (Å²) >= 11 is 6.45. The maximum Gasteiger partial charge on any atom is 0.417 e. The van der Waals surface area contributed by atoms with E-state index in [-0.39, 0.29) is 29.6 Å². The number of rotatable bonds is 7. The van der Waals surface area contributed by atoms with Crippen LogP contribution in [0.5, 0.6) is 0 Å². The molecule has 6 nitrogen and oxygen atoms in total. The highest BCUT2D eigenvalue weighted by molar-refractivity contribution is 6.35. The Kier molecular flexibility index (Phi) is 7.39. The van der Waals surface area contributed by atoms with Crippen molar-refractivity contribution in [1.82, 2.24) is 19.7 Å². The summed E-state index contributed by atoms with van der Waals surface area (Å²) in [7, 11) is 0. The fourth-order valence-corrected chi connectivity index (χ4v) is 6.75. The first-order valence-electron chi connectivity index (χ1n) is 15.2. The van der Waals surface area contributed by atoms with E-state index in [0.717, 1.165) is 18.9 Å². The lowest BCUT2D eigenvalue weighted by atomic mass is 9.98. The number of nitrogens with zero attached hydrogens (tertiary/aromatic N) is 3. The minimum absolute atomic E-state index is 0.0951. The molecule has 3 heterocycles. The molecular formula is C36H30ClF3N4O2. The third-order valence-electron chi connectivity index (χ3n) is 9.17. The van der Waals surface area contributed by atoms with Crippen LogP contribution in [-0.2, 0) is 12.7 Å². The van der Waals surface area contributed by atoms with Crippen LogP contribution < -0.4 is 5.56 Å². The largest absolute Gasteiger partial charge is 0.417 e. The summed E-state index contributed by atoms with van der Waals surface area (Å²) in [6, 6.07) is 21.0. The molecule has 3 aromatic carbocycles. The Morgan fingerprint density at radius 2 is 1.74 bits per heavy atom. The molecule has 1 fully saturated rings. The van der Waals surface area contributed by atoms with Gasteiger partial charge in [0.15, 0.2) is 0 Å². The molecule has 0 bridgehead atoms. The molecular weight excluding hydrogens is 613 g/mol. The van der Waals surface area contributed by atoms with E-state index in [9.17, 15) is 22.8 Å². The topological polar surface area (TPSA) is 71.0 Å². The van der Waals surface area contributed by atoms with Gasteiger partial charge in [0.1, 0.15) is 0 Å². The summed E-state index contributed by atoms with van der Waals surface area (Å²) < 4.78 is 44.2. The van der Waals surface area contributed by atoms with Crippen molar-refractivity contribution in [2.24, 2.45) is 5.92 Å². The van der Waals surface area contributed by atoms with Gasteiger partial charge in [0.05, 0.1) is 27.2 Å². The maximum absolute atomic E-state index is 14.2. The van der Waals surface area contributed by atoms with Gasteiger partial charge in [-0.05, 0) is 90.7 Å². The second-order valence-electron chi connectivity index (χ2n) is 12.2. The third kappa shape index (κ3) is 5.32. The lowest BCUT2D eigenvalue weighted by molar-refractivity contribution is -0.138. The molecule has 1 aliphatic carbocycles. The molecule has 0 radical (unpaired) electrons. The zero-order valence-electron chi connectivity index (χ0n) is 25.1. The fraction of sp³-hybridized carbons (Fsp3) is 0.250. The van der Waals surface area contributed by atoms with Gasteiger partial charge in [-0.1, -0.05) is 54.9 Å². The number of carbonyl (C=O) groups excluding carboxylic acids is 1. The third-order valence-corrected chi connectivity index (χ3v) is 9.49. The Hall–Kier alpha value is -4.63. The number of alkyl halides is 3. The van der Waals surface area contributed by atoms with Crippen LogP contribution in [0.3, 0.4) is 0 Å². The molecule has 0 saturated heterocycles. The van der Waals surface area contributed by atoms with E-state index < -0.39 is 17.6 Å². The number of fused-ring (bicyclic) bond motifs is 2. The molecule has 1 N–H and O–H groups in total.